The van der Waals surface area contributed by atoms with Crippen LogP contribution in [0.4, 0.5) is 10.1 Å². The predicted octanol–water partition coefficient (Wildman–Crippen LogP) is 2.35. The Morgan fingerprint density at radius 2 is 2.29 bits per heavy atom. The van der Waals surface area contributed by atoms with E-state index in [-0.39, 0.29) is 16.6 Å². The SMILES string of the molecule is CCOC(=O)c1cc(N)cc(Br)c1F. The van der Waals surface area contributed by atoms with Gasteiger partial charge in [0.05, 0.1) is 16.6 Å². The standard InChI is InChI=1S/C9H9BrFNO2/c1-2-14-9(13)6-3-5(12)4-7(10)8(6)11/h3-4H,2,12H2,1H3. The summed E-state index contributed by atoms with van der Waals surface area (Å²) >= 11 is 2.95. The highest BCUT2D eigenvalue weighted by molar-refractivity contribution is 9.10. The first kappa shape index (κ1) is 11.0. The first-order valence-corrected chi connectivity index (χ1v) is 4.77. The van der Waals surface area contributed by atoms with Gasteiger partial charge >= 0.3 is 5.97 Å². The van der Waals surface area contributed by atoms with Gasteiger partial charge in [-0.2, -0.15) is 0 Å². The molecule has 0 aliphatic heterocycles. The minimum atomic E-state index is -0.710. The van der Waals surface area contributed by atoms with Gasteiger partial charge in [-0.1, -0.05) is 0 Å². The van der Waals surface area contributed by atoms with Crippen molar-refractivity contribution in [1.29, 1.82) is 0 Å². The summed E-state index contributed by atoms with van der Waals surface area (Å²) in [4.78, 5) is 11.2. The van der Waals surface area contributed by atoms with E-state index in [9.17, 15) is 9.18 Å². The molecule has 0 atom stereocenters. The predicted molar refractivity (Wildman–Crippen MR) is 54.5 cm³/mol. The molecule has 0 spiro atoms. The third-order valence-electron chi connectivity index (χ3n) is 1.55. The molecule has 0 radical (unpaired) electrons. The number of anilines is 1. The average Bonchev–Trinajstić information content (AvgIpc) is 2.11. The molecular weight excluding hydrogens is 253 g/mol. The average molecular weight is 262 g/mol. The Hall–Kier alpha value is -1.10. The monoisotopic (exact) mass is 261 g/mol. The fourth-order valence-electron chi connectivity index (χ4n) is 0.967. The molecule has 1 rings (SSSR count). The highest BCUT2D eigenvalue weighted by Gasteiger charge is 2.15. The summed E-state index contributed by atoms with van der Waals surface area (Å²) in [5, 5.41) is 0. The number of carbonyl (C=O) groups excluding carboxylic acids is 1. The summed E-state index contributed by atoms with van der Waals surface area (Å²) in [6, 6.07) is 2.64. The van der Waals surface area contributed by atoms with E-state index in [0.717, 1.165) is 0 Å². The number of nitrogen functional groups attached to an aromatic ring is 1. The Morgan fingerprint density at radius 3 is 2.86 bits per heavy atom. The maximum absolute atomic E-state index is 13.4. The number of carbonyl (C=O) groups is 1. The lowest BCUT2D eigenvalue weighted by Crippen LogP contribution is -2.08. The van der Waals surface area contributed by atoms with Gasteiger partial charge in [-0.25, -0.2) is 9.18 Å². The van der Waals surface area contributed by atoms with Gasteiger partial charge in [0.15, 0.2) is 5.82 Å². The first-order valence-electron chi connectivity index (χ1n) is 3.98. The van der Waals surface area contributed by atoms with Crippen LogP contribution in [0.25, 0.3) is 0 Å². The van der Waals surface area contributed by atoms with Gasteiger partial charge in [0.1, 0.15) is 0 Å². The van der Waals surface area contributed by atoms with Crippen LogP contribution in [-0.4, -0.2) is 12.6 Å². The van der Waals surface area contributed by atoms with E-state index in [1.54, 1.807) is 6.92 Å². The van der Waals surface area contributed by atoms with Crippen molar-refractivity contribution in [1.82, 2.24) is 0 Å². The second-order valence-corrected chi connectivity index (χ2v) is 3.44. The molecular formula is C9H9BrFNO2. The van der Waals surface area contributed by atoms with Crippen molar-refractivity contribution in [2.24, 2.45) is 0 Å². The molecule has 0 heterocycles. The first-order chi connectivity index (χ1) is 6.56. The van der Waals surface area contributed by atoms with E-state index in [1.807, 2.05) is 0 Å². The van der Waals surface area contributed by atoms with E-state index in [2.05, 4.69) is 20.7 Å². The third kappa shape index (κ3) is 2.23. The van der Waals surface area contributed by atoms with Crippen molar-refractivity contribution in [2.75, 3.05) is 12.3 Å². The van der Waals surface area contributed by atoms with Crippen LogP contribution in [0.15, 0.2) is 16.6 Å². The number of esters is 1. The Labute approximate surface area is 89.2 Å². The van der Waals surface area contributed by atoms with Crippen molar-refractivity contribution in [3.05, 3.63) is 28.0 Å². The van der Waals surface area contributed by atoms with Gasteiger partial charge in [0.25, 0.3) is 0 Å². The van der Waals surface area contributed by atoms with Crippen LogP contribution in [0.5, 0.6) is 0 Å². The van der Waals surface area contributed by atoms with Crippen molar-refractivity contribution < 1.29 is 13.9 Å². The Kier molecular flexibility index (Phi) is 3.46. The molecule has 76 valence electrons. The molecule has 0 amide bonds. The summed E-state index contributed by atoms with van der Waals surface area (Å²) in [6.45, 7) is 1.85. The van der Waals surface area contributed by atoms with Crippen LogP contribution in [0.2, 0.25) is 0 Å². The molecule has 0 aliphatic carbocycles. The maximum Gasteiger partial charge on any atom is 0.341 e. The zero-order valence-corrected chi connectivity index (χ0v) is 9.10. The van der Waals surface area contributed by atoms with E-state index in [0.29, 0.717) is 5.69 Å². The molecule has 1 aromatic carbocycles. The molecule has 14 heavy (non-hydrogen) atoms. The molecule has 2 N–H and O–H groups in total. The van der Waals surface area contributed by atoms with Crippen molar-refractivity contribution >= 4 is 27.6 Å². The Bertz CT molecular complexity index is 368. The Balaban J connectivity index is 3.13. The Morgan fingerprint density at radius 1 is 1.64 bits per heavy atom. The molecule has 0 unspecified atom stereocenters. The number of benzene rings is 1. The second kappa shape index (κ2) is 4.41. The van der Waals surface area contributed by atoms with E-state index >= 15 is 0 Å². The topological polar surface area (TPSA) is 52.3 Å². The van der Waals surface area contributed by atoms with E-state index in [1.165, 1.54) is 12.1 Å². The van der Waals surface area contributed by atoms with Gasteiger partial charge in [0, 0.05) is 5.69 Å². The lowest BCUT2D eigenvalue weighted by atomic mass is 10.2. The number of halogens is 2. The van der Waals surface area contributed by atoms with Gasteiger partial charge in [0.2, 0.25) is 0 Å². The van der Waals surface area contributed by atoms with Gasteiger partial charge in [-0.15, -0.1) is 0 Å². The molecule has 3 nitrogen and oxygen atoms in total. The number of nitrogens with two attached hydrogens (primary N) is 1. The summed E-state index contributed by atoms with van der Waals surface area (Å²) < 4.78 is 18.2. The normalized spacial score (nSPS) is 9.93. The summed E-state index contributed by atoms with van der Waals surface area (Å²) in [6.07, 6.45) is 0. The van der Waals surface area contributed by atoms with Crippen molar-refractivity contribution in [2.45, 2.75) is 6.92 Å². The van der Waals surface area contributed by atoms with Gasteiger partial charge in [-0.05, 0) is 35.0 Å². The van der Waals surface area contributed by atoms with Crippen molar-refractivity contribution in [3.63, 3.8) is 0 Å². The molecule has 0 aromatic heterocycles. The molecule has 0 saturated heterocycles. The molecule has 0 saturated carbocycles. The van der Waals surface area contributed by atoms with Crippen LogP contribution < -0.4 is 5.73 Å². The summed E-state index contributed by atoms with van der Waals surface area (Å²) in [7, 11) is 0. The second-order valence-electron chi connectivity index (χ2n) is 2.58. The largest absolute Gasteiger partial charge is 0.462 e. The van der Waals surface area contributed by atoms with Gasteiger partial charge < -0.3 is 10.5 Å². The number of hydrogen-bond acceptors (Lipinski definition) is 3. The zero-order chi connectivity index (χ0) is 10.7. The van der Waals surface area contributed by atoms with Crippen molar-refractivity contribution in [3.8, 4) is 0 Å². The quantitative estimate of drug-likeness (QED) is 0.657. The van der Waals surface area contributed by atoms with Crippen LogP contribution in [0.3, 0.4) is 0 Å². The molecule has 0 aliphatic rings. The molecule has 1 aromatic rings. The van der Waals surface area contributed by atoms with Crippen LogP contribution in [0.1, 0.15) is 17.3 Å². The van der Waals surface area contributed by atoms with Crippen LogP contribution >= 0.6 is 15.9 Å². The summed E-state index contributed by atoms with van der Waals surface area (Å²) in [5.41, 5.74) is 5.61. The number of ether oxygens (including phenoxy) is 1. The number of hydrogen-bond donors (Lipinski definition) is 1. The lowest BCUT2D eigenvalue weighted by molar-refractivity contribution is 0.0521. The highest BCUT2D eigenvalue weighted by Crippen LogP contribution is 2.23. The third-order valence-corrected chi connectivity index (χ3v) is 2.12. The highest BCUT2D eigenvalue weighted by atomic mass is 79.9. The molecule has 0 fully saturated rings. The molecule has 0 bridgehead atoms. The smallest absolute Gasteiger partial charge is 0.341 e. The fraction of sp³-hybridized carbons (Fsp3) is 0.222. The van der Waals surface area contributed by atoms with E-state index in [4.69, 9.17) is 5.73 Å². The van der Waals surface area contributed by atoms with E-state index < -0.39 is 11.8 Å². The maximum atomic E-state index is 13.4. The summed E-state index contributed by atoms with van der Waals surface area (Å²) in [5.74, 6) is -1.37. The minimum absolute atomic E-state index is 0.153. The lowest BCUT2D eigenvalue weighted by Gasteiger charge is -2.05. The molecule has 5 heteroatoms. The fourth-order valence-corrected chi connectivity index (χ4v) is 1.45. The zero-order valence-electron chi connectivity index (χ0n) is 7.51. The van der Waals surface area contributed by atoms with Gasteiger partial charge in [-0.3, -0.25) is 0 Å². The number of rotatable bonds is 2. The minimum Gasteiger partial charge on any atom is -0.462 e. The van der Waals surface area contributed by atoms with Crippen LogP contribution in [-0.2, 0) is 4.74 Å². The van der Waals surface area contributed by atoms with Crippen LogP contribution in [0, 0.1) is 5.82 Å².